The number of hydrogen-bond donors (Lipinski definition) is 0. The Balaban J connectivity index is 1.94. The fourth-order valence-corrected chi connectivity index (χ4v) is 2.75. The normalized spacial score (nSPS) is 10.6. The molecule has 1 heterocycles. The second kappa shape index (κ2) is 6.14. The minimum absolute atomic E-state index is 0.758. The summed E-state index contributed by atoms with van der Waals surface area (Å²) in [5.74, 6) is 1.82. The van der Waals surface area contributed by atoms with Crippen LogP contribution in [0.2, 0.25) is 0 Å². The molecule has 4 heteroatoms. The van der Waals surface area contributed by atoms with E-state index in [1.807, 2.05) is 48.8 Å². The molecule has 0 bridgehead atoms. The van der Waals surface area contributed by atoms with E-state index >= 15 is 0 Å². The van der Waals surface area contributed by atoms with Gasteiger partial charge >= 0.3 is 0 Å². The van der Waals surface area contributed by atoms with Gasteiger partial charge < -0.3 is 9.30 Å². The van der Waals surface area contributed by atoms with Crippen molar-refractivity contribution in [3.63, 3.8) is 0 Å². The molecule has 0 unspecified atom stereocenters. The quantitative estimate of drug-likeness (QED) is 0.703. The van der Waals surface area contributed by atoms with Gasteiger partial charge in [0.05, 0.1) is 7.11 Å². The van der Waals surface area contributed by atoms with Crippen LogP contribution in [0.4, 0.5) is 0 Å². The Morgan fingerprint density at radius 2 is 2.00 bits per heavy atom. The van der Waals surface area contributed by atoms with E-state index in [2.05, 4.69) is 37.6 Å². The molecule has 0 saturated heterocycles. The molecule has 0 spiro atoms. The zero-order chi connectivity index (χ0) is 14.7. The maximum Gasteiger partial charge on any atom is 0.141 e. The Kier molecular flexibility index (Phi) is 4.06. The molecule has 0 saturated carbocycles. The van der Waals surface area contributed by atoms with Crippen LogP contribution in [-0.2, 0) is 6.54 Å². The molecule has 3 nitrogen and oxygen atoms in total. The van der Waals surface area contributed by atoms with Gasteiger partial charge in [0, 0.05) is 29.0 Å². The average Bonchev–Trinajstić information content (AvgIpc) is 2.96. The van der Waals surface area contributed by atoms with Gasteiger partial charge in [-0.3, -0.25) is 0 Å². The van der Waals surface area contributed by atoms with E-state index in [9.17, 15) is 0 Å². The van der Waals surface area contributed by atoms with Gasteiger partial charge in [0.25, 0.3) is 0 Å². The molecule has 106 valence electrons. The molecule has 0 radical (unpaired) electrons. The van der Waals surface area contributed by atoms with Crippen molar-refractivity contribution < 1.29 is 4.74 Å². The highest BCUT2D eigenvalue weighted by atomic mass is 79.9. The van der Waals surface area contributed by atoms with Crippen LogP contribution in [0.25, 0.3) is 11.4 Å². The van der Waals surface area contributed by atoms with Crippen LogP contribution in [0.3, 0.4) is 0 Å². The second-order valence-electron chi connectivity index (χ2n) is 4.71. The number of nitrogens with zero attached hydrogens (tertiary/aromatic N) is 2. The average molecular weight is 343 g/mol. The Labute approximate surface area is 132 Å². The molecular formula is C17H15BrN2O. The summed E-state index contributed by atoms with van der Waals surface area (Å²) < 4.78 is 8.45. The topological polar surface area (TPSA) is 27.1 Å². The van der Waals surface area contributed by atoms with E-state index in [1.54, 1.807) is 7.11 Å². The van der Waals surface area contributed by atoms with Crippen molar-refractivity contribution in [2.24, 2.45) is 0 Å². The van der Waals surface area contributed by atoms with Gasteiger partial charge in [0.1, 0.15) is 11.6 Å². The summed E-state index contributed by atoms with van der Waals surface area (Å²) in [5, 5.41) is 0. The van der Waals surface area contributed by atoms with Crippen LogP contribution in [0.5, 0.6) is 5.75 Å². The Morgan fingerprint density at radius 1 is 1.14 bits per heavy atom. The summed E-state index contributed by atoms with van der Waals surface area (Å²) in [4.78, 5) is 4.49. The van der Waals surface area contributed by atoms with Crippen molar-refractivity contribution in [1.29, 1.82) is 0 Å². The smallest absolute Gasteiger partial charge is 0.141 e. The van der Waals surface area contributed by atoms with E-state index in [0.29, 0.717) is 0 Å². The molecular weight excluding hydrogens is 328 g/mol. The Hall–Kier alpha value is -2.07. The van der Waals surface area contributed by atoms with Crippen molar-refractivity contribution in [3.8, 4) is 17.1 Å². The van der Waals surface area contributed by atoms with Crippen molar-refractivity contribution in [3.05, 3.63) is 71.0 Å². The lowest BCUT2D eigenvalue weighted by Gasteiger charge is -2.10. The molecule has 0 amide bonds. The minimum atomic E-state index is 0.758. The monoisotopic (exact) mass is 342 g/mol. The van der Waals surface area contributed by atoms with Gasteiger partial charge in [0.2, 0.25) is 0 Å². The second-order valence-corrected chi connectivity index (χ2v) is 5.56. The molecule has 0 aliphatic heterocycles. The predicted molar refractivity (Wildman–Crippen MR) is 87.5 cm³/mol. The lowest BCUT2D eigenvalue weighted by atomic mass is 10.2. The van der Waals surface area contributed by atoms with Crippen molar-refractivity contribution >= 4 is 15.9 Å². The van der Waals surface area contributed by atoms with Crippen LogP contribution in [-0.4, -0.2) is 16.7 Å². The third-order valence-corrected chi connectivity index (χ3v) is 4.01. The zero-order valence-electron chi connectivity index (χ0n) is 11.7. The van der Waals surface area contributed by atoms with Gasteiger partial charge in [-0.25, -0.2) is 4.98 Å². The lowest BCUT2D eigenvalue weighted by Crippen LogP contribution is -2.01. The van der Waals surface area contributed by atoms with Crippen LogP contribution >= 0.6 is 15.9 Å². The molecule has 0 aliphatic rings. The van der Waals surface area contributed by atoms with Gasteiger partial charge in [-0.15, -0.1) is 0 Å². The van der Waals surface area contributed by atoms with E-state index in [0.717, 1.165) is 28.2 Å². The van der Waals surface area contributed by atoms with Crippen LogP contribution < -0.4 is 4.74 Å². The standard InChI is InChI=1S/C17H15BrN2O/c1-21-14-6-4-5-13(11-14)12-20-10-9-19-17(20)15-7-2-3-8-16(15)18/h2-11H,12H2,1H3. The first kappa shape index (κ1) is 13.9. The number of rotatable bonds is 4. The number of hydrogen-bond acceptors (Lipinski definition) is 2. The molecule has 0 atom stereocenters. The van der Waals surface area contributed by atoms with Crippen LogP contribution in [0.15, 0.2) is 65.4 Å². The first-order chi connectivity index (χ1) is 10.3. The summed E-state index contributed by atoms with van der Waals surface area (Å²) in [6, 6.07) is 16.2. The van der Waals surface area contributed by atoms with Gasteiger partial charge in [0.15, 0.2) is 0 Å². The van der Waals surface area contributed by atoms with Crippen molar-refractivity contribution in [2.45, 2.75) is 6.54 Å². The fraction of sp³-hybridized carbons (Fsp3) is 0.118. The minimum Gasteiger partial charge on any atom is -0.497 e. The summed E-state index contributed by atoms with van der Waals surface area (Å²) >= 11 is 3.59. The number of methoxy groups -OCH3 is 1. The van der Waals surface area contributed by atoms with Gasteiger partial charge in [-0.1, -0.05) is 46.3 Å². The largest absolute Gasteiger partial charge is 0.497 e. The third-order valence-electron chi connectivity index (χ3n) is 3.32. The number of ether oxygens (including phenoxy) is 1. The van der Waals surface area contributed by atoms with Crippen molar-refractivity contribution in [2.75, 3.05) is 7.11 Å². The summed E-state index contributed by atoms with van der Waals surface area (Å²) in [6.07, 6.45) is 3.82. The zero-order valence-corrected chi connectivity index (χ0v) is 13.2. The lowest BCUT2D eigenvalue weighted by molar-refractivity contribution is 0.414. The highest BCUT2D eigenvalue weighted by molar-refractivity contribution is 9.10. The molecule has 3 aromatic rings. The third kappa shape index (κ3) is 3.00. The molecule has 1 aromatic heterocycles. The summed E-state index contributed by atoms with van der Waals surface area (Å²) in [5.41, 5.74) is 2.27. The number of aromatic nitrogens is 2. The molecule has 3 rings (SSSR count). The van der Waals surface area contributed by atoms with E-state index < -0.39 is 0 Å². The van der Waals surface area contributed by atoms with Crippen LogP contribution in [0, 0.1) is 0 Å². The highest BCUT2D eigenvalue weighted by Gasteiger charge is 2.09. The Morgan fingerprint density at radius 3 is 2.81 bits per heavy atom. The number of benzene rings is 2. The first-order valence-electron chi connectivity index (χ1n) is 6.67. The van der Waals surface area contributed by atoms with Gasteiger partial charge in [-0.05, 0) is 23.8 Å². The molecule has 0 N–H and O–H groups in total. The maximum absolute atomic E-state index is 5.28. The number of imidazole rings is 1. The summed E-state index contributed by atoms with van der Waals surface area (Å²) in [7, 11) is 1.68. The molecule has 21 heavy (non-hydrogen) atoms. The van der Waals surface area contributed by atoms with Crippen molar-refractivity contribution in [1.82, 2.24) is 9.55 Å². The highest BCUT2D eigenvalue weighted by Crippen LogP contribution is 2.27. The SMILES string of the molecule is COc1cccc(Cn2ccnc2-c2ccccc2Br)c1. The first-order valence-corrected chi connectivity index (χ1v) is 7.46. The van der Waals surface area contributed by atoms with E-state index in [-0.39, 0.29) is 0 Å². The summed E-state index contributed by atoms with van der Waals surface area (Å²) in [6.45, 7) is 0.758. The molecule has 0 fully saturated rings. The molecule has 0 aliphatic carbocycles. The molecule has 2 aromatic carbocycles. The predicted octanol–water partition coefficient (Wildman–Crippen LogP) is 4.37. The maximum atomic E-state index is 5.28. The fourth-order valence-electron chi connectivity index (χ4n) is 2.29. The van der Waals surface area contributed by atoms with E-state index in [1.165, 1.54) is 5.56 Å². The Bertz CT molecular complexity index is 752. The van der Waals surface area contributed by atoms with Crippen LogP contribution in [0.1, 0.15) is 5.56 Å². The van der Waals surface area contributed by atoms with E-state index in [4.69, 9.17) is 4.74 Å². The van der Waals surface area contributed by atoms with Gasteiger partial charge in [-0.2, -0.15) is 0 Å². The number of halogens is 1.